The van der Waals surface area contributed by atoms with Crippen molar-refractivity contribution in [3.8, 4) is 0 Å². The molecule has 2 rings (SSSR count). The van der Waals surface area contributed by atoms with Crippen molar-refractivity contribution < 1.29 is 4.79 Å². The summed E-state index contributed by atoms with van der Waals surface area (Å²) >= 11 is 1.71. The normalized spacial score (nSPS) is 17.5. The summed E-state index contributed by atoms with van der Waals surface area (Å²) in [5.74, 6) is 0.140. The highest BCUT2D eigenvalue weighted by molar-refractivity contribution is 7.10. The van der Waals surface area contributed by atoms with Gasteiger partial charge in [-0.05, 0) is 36.3 Å². The van der Waals surface area contributed by atoms with E-state index < -0.39 is 0 Å². The second-order valence-electron chi connectivity index (χ2n) is 4.74. The number of hydrogen-bond acceptors (Lipinski definition) is 3. The number of nitrogens with one attached hydrogen (secondary N) is 1. The molecule has 1 fully saturated rings. The first kappa shape index (κ1) is 12.6. The van der Waals surface area contributed by atoms with Crippen LogP contribution in [0.1, 0.15) is 36.6 Å². The highest BCUT2D eigenvalue weighted by Gasteiger charge is 2.42. The lowest BCUT2D eigenvalue weighted by atomic mass is 9.68. The standard InChI is InChI=1S/C13H20N2OS/c1-2-10-4-7-17-11(10)8-15-12(16)13(9-14)5-3-6-13/h4,7H,2-3,5-6,8-9,14H2,1H3,(H,15,16). The van der Waals surface area contributed by atoms with Crippen LogP contribution in [-0.2, 0) is 17.8 Å². The van der Waals surface area contributed by atoms with E-state index in [9.17, 15) is 4.79 Å². The minimum absolute atomic E-state index is 0.140. The molecule has 1 saturated carbocycles. The third-order valence-corrected chi connectivity index (χ3v) is 4.77. The van der Waals surface area contributed by atoms with E-state index in [1.165, 1.54) is 10.4 Å². The molecular weight excluding hydrogens is 232 g/mol. The Labute approximate surface area is 106 Å². The van der Waals surface area contributed by atoms with Gasteiger partial charge < -0.3 is 11.1 Å². The van der Waals surface area contributed by atoms with Crippen LogP contribution < -0.4 is 11.1 Å². The Balaban J connectivity index is 1.92. The Bertz CT molecular complexity index is 390. The lowest BCUT2D eigenvalue weighted by molar-refractivity contribution is -0.135. The van der Waals surface area contributed by atoms with Crippen LogP contribution >= 0.6 is 11.3 Å². The van der Waals surface area contributed by atoms with Gasteiger partial charge in [0.2, 0.25) is 5.91 Å². The predicted molar refractivity (Wildman–Crippen MR) is 70.9 cm³/mol. The molecule has 1 aliphatic rings. The molecule has 0 saturated heterocycles. The van der Waals surface area contributed by atoms with E-state index in [1.54, 1.807) is 11.3 Å². The molecule has 0 aliphatic heterocycles. The van der Waals surface area contributed by atoms with E-state index >= 15 is 0 Å². The summed E-state index contributed by atoms with van der Waals surface area (Å²) in [5, 5.41) is 5.13. The maximum Gasteiger partial charge on any atom is 0.227 e. The number of amides is 1. The molecule has 0 spiro atoms. The molecule has 1 heterocycles. The highest BCUT2D eigenvalue weighted by atomic mass is 32.1. The molecular formula is C13H20N2OS. The topological polar surface area (TPSA) is 55.1 Å². The second-order valence-corrected chi connectivity index (χ2v) is 5.74. The molecule has 0 aromatic carbocycles. The number of carbonyl (C=O) groups is 1. The minimum atomic E-state index is -0.260. The van der Waals surface area contributed by atoms with E-state index in [0.29, 0.717) is 13.1 Å². The first-order chi connectivity index (χ1) is 8.22. The van der Waals surface area contributed by atoms with E-state index in [2.05, 4.69) is 23.7 Å². The number of rotatable bonds is 5. The van der Waals surface area contributed by atoms with Crippen molar-refractivity contribution >= 4 is 17.2 Å². The molecule has 1 aromatic heterocycles. The van der Waals surface area contributed by atoms with E-state index in [-0.39, 0.29) is 11.3 Å². The summed E-state index contributed by atoms with van der Waals surface area (Å²) in [7, 11) is 0. The fourth-order valence-electron chi connectivity index (χ4n) is 2.31. The molecule has 1 aromatic rings. The summed E-state index contributed by atoms with van der Waals surface area (Å²) in [6.45, 7) is 3.27. The maximum absolute atomic E-state index is 12.1. The van der Waals surface area contributed by atoms with Gasteiger partial charge in [-0.25, -0.2) is 0 Å². The van der Waals surface area contributed by atoms with Gasteiger partial charge in [-0.3, -0.25) is 4.79 Å². The molecule has 17 heavy (non-hydrogen) atoms. The van der Waals surface area contributed by atoms with E-state index in [4.69, 9.17) is 5.73 Å². The van der Waals surface area contributed by atoms with Gasteiger partial charge in [0.1, 0.15) is 0 Å². The Hall–Kier alpha value is -0.870. The largest absolute Gasteiger partial charge is 0.351 e. The molecule has 1 aliphatic carbocycles. The van der Waals surface area contributed by atoms with Crippen LogP contribution in [0.4, 0.5) is 0 Å². The van der Waals surface area contributed by atoms with Crippen LogP contribution in [0.3, 0.4) is 0 Å². The van der Waals surface area contributed by atoms with Crippen molar-refractivity contribution in [1.82, 2.24) is 5.32 Å². The third-order valence-electron chi connectivity index (χ3n) is 3.81. The fraction of sp³-hybridized carbons (Fsp3) is 0.615. The monoisotopic (exact) mass is 252 g/mol. The van der Waals surface area contributed by atoms with Gasteiger partial charge in [0.25, 0.3) is 0 Å². The summed E-state index contributed by atoms with van der Waals surface area (Å²) in [6, 6.07) is 2.13. The molecule has 0 unspecified atom stereocenters. The summed E-state index contributed by atoms with van der Waals surface area (Å²) in [4.78, 5) is 13.4. The Morgan fingerprint density at radius 2 is 2.35 bits per heavy atom. The van der Waals surface area contributed by atoms with Gasteiger partial charge in [-0.2, -0.15) is 0 Å². The smallest absolute Gasteiger partial charge is 0.227 e. The molecule has 3 nitrogen and oxygen atoms in total. The lowest BCUT2D eigenvalue weighted by Crippen LogP contribution is -2.50. The number of thiophene rings is 1. The summed E-state index contributed by atoms with van der Waals surface area (Å²) < 4.78 is 0. The Morgan fingerprint density at radius 1 is 1.59 bits per heavy atom. The van der Waals surface area contributed by atoms with Gasteiger partial charge in [0, 0.05) is 11.4 Å². The third kappa shape index (κ3) is 2.38. The van der Waals surface area contributed by atoms with Crippen LogP contribution in [0, 0.1) is 5.41 Å². The van der Waals surface area contributed by atoms with Crippen LogP contribution in [0.5, 0.6) is 0 Å². The van der Waals surface area contributed by atoms with Crippen molar-refractivity contribution in [2.45, 2.75) is 39.2 Å². The average molecular weight is 252 g/mol. The minimum Gasteiger partial charge on any atom is -0.351 e. The van der Waals surface area contributed by atoms with Crippen LogP contribution in [0.25, 0.3) is 0 Å². The molecule has 3 N–H and O–H groups in total. The van der Waals surface area contributed by atoms with Crippen molar-refractivity contribution in [3.05, 3.63) is 21.9 Å². The fourth-order valence-corrected chi connectivity index (χ4v) is 3.23. The molecule has 0 atom stereocenters. The zero-order valence-corrected chi connectivity index (χ0v) is 11.1. The average Bonchev–Trinajstić information content (AvgIpc) is 2.72. The van der Waals surface area contributed by atoms with Crippen LogP contribution in [0.2, 0.25) is 0 Å². The van der Waals surface area contributed by atoms with Gasteiger partial charge in [-0.1, -0.05) is 13.3 Å². The SMILES string of the molecule is CCc1ccsc1CNC(=O)C1(CN)CCC1. The van der Waals surface area contributed by atoms with Gasteiger partial charge >= 0.3 is 0 Å². The highest BCUT2D eigenvalue weighted by Crippen LogP contribution is 2.40. The maximum atomic E-state index is 12.1. The van der Waals surface area contributed by atoms with E-state index in [0.717, 1.165) is 25.7 Å². The zero-order valence-electron chi connectivity index (χ0n) is 10.3. The Morgan fingerprint density at radius 3 is 2.88 bits per heavy atom. The van der Waals surface area contributed by atoms with Crippen LogP contribution in [0.15, 0.2) is 11.4 Å². The van der Waals surface area contributed by atoms with Crippen molar-refractivity contribution in [1.29, 1.82) is 0 Å². The molecule has 4 heteroatoms. The number of hydrogen-bond donors (Lipinski definition) is 2. The van der Waals surface area contributed by atoms with Gasteiger partial charge in [0.05, 0.1) is 12.0 Å². The molecule has 1 amide bonds. The predicted octanol–water partition coefficient (Wildman–Crippen LogP) is 2.06. The van der Waals surface area contributed by atoms with Crippen LogP contribution in [-0.4, -0.2) is 12.5 Å². The first-order valence-electron chi connectivity index (χ1n) is 6.25. The lowest BCUT2D eigenvalue weighted by Gasteiger charge is -2.39. The van der Waals surface area contributed by atoms with Gasteiger partial charge in [0.15, 0.2) is 0 Å². The van der Waals surface area contributed by atoms with E-state index in [1.807, 2.05) is 0 Å². The van der Waals surface area contributed by atoms with Gasteiger partial charge in [-0.15, -0.1) is 11.3 Å². The van der Waals surface area contributed by atoms with Crippen molar-refractivity contribution in [2.75, 3.05) is 6.54 Å². The Kier molecular flexibility index (Phi) is 3.84. The molecule has 94 valence electrons. The molecule has 0 radical (unpaired) electrons. The number of carbonyl (C=O) groups excluding carboxylic acids is 1. The number of nitrogens with two attached hydrogens (primary N) is 1. The second kappa shape index (κ2) is 5.19. The molecule has 0 bridgehead atoms. The quantitative estimate of drug-likeness (QED) is 0.842. The van der Waals surface area contributed by atoms with Crippen molar-refractivity contribution in [3.63, 3.8) is 0 Å². The number of aryl methyl sites for hydroxylation is 1. The van der Waals surface area contributed by atoms with Crippen molar-refractivity contribution in [2.24, 2.45) is 11.1 Å². The summed E-state index contributed by atoms with van der Waals surface area (Å²) in [5.41, 5.74) is 6.79. The zero-order chi connectivity index (χ0) is 12.3. The summed E-state index contributed by atoms with van der Waals surface area (Å²) in [6.07, 6.45) is 4.04. The first-order valence-corrected chi connectivity index (χ1v) is 7.13.